The summed E-state index contributed by atoms with van der Waals surface area (Å²) in [5.41, 5.74) is 5.21. The quantitative estimate of drug-likeness (QED) is 0.791. The molecule has 1 aromatic rings. The van der Waals surface area contributed by atoms with Crippen molar-refractivity contribution in [3.63, 3.8) is 0 Å². The van der Waals surface area contributed by atoms with Crippen molar-refractivity contribution in [1.82, 2.24) is 0 Å². The zero-order valence-electron chi connectivity index (χ0n) is 7.00. The maximum absolute atomic E-state index is 13.4. The molecule has 0 spiro atoms. The Hall–Kier alpha value is -0.690. The molecule has 0 amide bonds. The molecule has 0 aliphatic heterocycles. The fourth-order valence-electron chi connectivity index (χ4n) is 0.974. The second kappa shape index (κ2) is 3.82. The number of benzene rings is 1. The summed E-state index contributed by atoms with van der Waals surface area (Å²) in [7, 11) is -4.10. The summed E-state index contributed by atoms with van der Waals surface area (Å²) in [5, 5.41) is 4.86. The van der Waals surface area contributed by atoms with Gasteiger partial charge in [-0.05, 0) is 12.1 Å². The molecule has 0 fully saturated rings. The molecule has 0 radical (unpaired) electrons. The van der Waals surface area contributed by atoms with Gasteiger partial charge in [-0.2, -0.15) is 0 Å². The lowest BCUT2D eigenvalue weighted by Gasteiger charge is -2.05. The van der Waals surface area contributed by atoms with Gasteiger partial charge in [0.25, 0.3) is 0 Å². The molecular weight excluding hydrogens is 231 g/mol. The molecule has 0 saturated heterocycles. The van der Waals surface area contributed by atoms with Crippen molar-refractivity contribution in [2.75, 3.05) is 0 Å². The number of halogens is 2. The fourth-order valence-corrected chi connectivity index (χ4v) is 1.95. The zero-order valence-corrected chi connectivity index (χ0v) is 8.57. The first-order chi connectivity index (χ1) is 6.36. The van der Waals surface area contributed by atoms with Gasteiger partial charge in [0.2, 0.25) is 10.0 Å². The minimum atomic E-state index is -4.10. The highest BCUT2D eigenvalue weighted by molar-refractivity contribution is 7.89. The zero-order chi connectivity index (χ0) is 10.9. The third-order valence-corrected chi connectivity index (χ3v) is 2.73. The Kier molecular flexibility index (Phi) is 3.10. The van der Waals surface area contributed by atoms with Crippen molar-refractivity contribution < 1.29 is 12.8 Å². The van der Waals surface area contributed by atoms with Gasteiger partial charge in [0.1, 0.15) is 10.7 Å². The second-order valence-electron chi connectivity index (χ2n) is 2.63. The van der Waals surface area contributed by atoms with E-state index in [4.69, 9.17) is 22.5 Å². The van der Waals surface area contributed by atoms with E-state index in [2.05, 4.69) is 0 Å². The van der Waals surface area contributed by atoms with Crippen LogP contribution < -0.4 is 10.9 Å². The van der Waals surface area contributed by atoms with Gasteiger partial charge in [0.05, 0.1) is 0 Å². The molecule has 78 valence electrons. The van der Waals surface area contributed by atoms with Crippen LogP contribution in [0.5, 0.6) is 0 Å². The van der Waals surface area contributed by atoms with Crippen LogP contribution in [0.1, 0.15) is 5.56 Å². The van der Waals surface area contributed by atoms with Gasteiger partial charge in [-0.3, -0.25) is 0 Å². The summed E-state index contributed by atoms with van der Waals surface area (Å²) in [6.07, 6.45) is 0. The molecule has 4 nitrogen and oxygen atoms in total. The van der Waals surface area contributed by atoms with Gasteiger partial charge in [0, 0.05) is 17.1 Å². The van der Waals surface area contributed by atoms with E-state index in [0.717, 1.165) is 6.07 Å². The Labute approximate surface area is 85.7 Å². The SMILES string of the molecule is NCc1cc(Cl)cc(S(N)(=O)=O)c1F. The molecule has 0 unspecified atom stereocenters. The minimum absolute atomic E-state index is 0.0153. The molecule has 14 heavy (non-hydrogen) atoms. The predicted molar refractivity (Wildman–Crippen MR) is 50.7 cm³/mol. The summed E-state index contributed by atoms with van der Waals surface area (Å²) >= 11 is 5.56. The van der Waals surface area contributed by atoms with Gasteiger partial charge in [0.15, 0.2) is 0 Å². The van der Waals surface area contributed by atoms with Crippen LogP contribution in [-0.2, 0) is 16.6 Å². The van der Waals surface area contributed by atoms with E-state index in [1.165, 1.54) is 6.07 Å². The topological polar surface area (TPSA) is 86.2 Å². The lowest BCUT2D eigenvalue weighted by molar-refractivity contribution is 0.559. The van der Waals surface area contributed by atoms with E-state index in [0.29, 0.717) is 0 Å². The third kappa shape index (κ3) is 2.21. The van der Waals surface area contributed by atoms with Crippen LogP contribution in [0.15, 0.2) is 17.0 Å². The molecule has 1 rings (SSSR count). The van der Waals surface area contributed by atoms with Crippen molar-refractivity contribution in [2.45, 2.75) is 11.4 Å². The van der Waals surface area contributed by atoms with Gasteiger partial charge < -0.3 is 5.73 Å². The Balaban J connectivity index is 3.53. The van der Waals surface area contributed by atoms with E-state index in [1.54, 1.807) is 0 Å². The van der Waals surface area contributed by atoms with Crippen LogP contribution >= 0.6 is 11.6 Å². The lowest BCUT2D eigenvalue weighted by atomic mass is 10.2. The van der Waals surface area contributed by atoms with Crippen LogP contribution in [0.4, 0.5) is 4.39 Å². The second-order valence-corrected chi connectivity index (χ2v) is 4.59. The number of hydrogen-bond acceptors (Lipinski definition) is 3. The van der Waals surface area contributed by atoms with Crippen LogP contribution in [0.2, 0.25) is 5.02 Å². The van der Waals surface area contributed by atoms with Crippen LogP contribution in [0, 0.1) is 5.82 Å². The van der Waals surface area contributed by atoms with Crippen LogP contribution in [0.3, 0.4) is 0 Å². The molecule has 0 atom stereocenters. The Morgan fingerprint density at radius 2 is 2.00 bits per heavy atom. The van der Waals surface area contributed by atoms with Gasteiger partial charge in [-0.1, -0.05) is 11.6 Å². The van der Waals surface area contributed by atoms with Crippen molar-refractivity contribution in [3.05, 3.63) is 28.5 Å². The average Bonchev–Trinajstić information content (AvgIpc) is 2.06. The normalized spacial score (nSPS) is 11.7. The highest BCUT2D eigenvalue weighted by Gasteiger charge is 2.18. The number of nitrogens with two attached hydrogens (primary N) is 2. The van der Waals surface area contributed by atoms with Gasteiger partial charge in [-0.15, -0.1) is 0 Å². The molecule has 0 aliphatic carbocycles. The first-order valence-corrected chi connectivity index (χ1v) is 5.49. The maximum atomic E-state index is 13.4. The van der Waals surface area contributed by atoms with Crippen LogP contribution in [0.25, 0.3) is 0 Å². The molecule has 0 heterocycles. The van der Waals surface area contributed by atoms with E-state index in [1.807, 2.05) is 0 Å². The molecule has 0 saturated carbocycles. The Bertz CT molecular complexity index is 461. The van der Waals surface area contributed by atoms with Gasteiger partial charge >= 0.3 is 0 Å². The highest BCUT2D eigenvalue weighted by Crippen LogP contribution is 2.22. The number of primary sulfonamides is 1. The summed E-state index contributed by atoms with van der Waals surface area (Å²) in [6.45, 7) is -0.144. The number of rotatable bonds is 2. The number of hydrogen-bond donors (Lipinski definition) is 2. The molecule has 4 N–H and O–H groups in total. The lowest BCUT2D eigenvalue weighted by Crippen LogP contribution is -2.16. The summed E-state index contributed by atoms with van der Waals surface area (Å²) in [4.78, 5) is -0.634. The fraction of sp³-hybridized carbons (Fsp3) is 0.143. The maximum Gasteiger partial charge on any atom is 0.241 e. The van der Waals surface area contributed by atoms with E-state index < -0.39 is 20.7 Å². The first kappa shape index (κ1) is 11.4. The standard InChI is InChI=1S/C7H8ClFN2O2S/c8-5-1-4(3-10)7(9)6(2-5)14(11,12)13/h1-2H,3,10H2,(H2,11,12,13). The predicted octanol–water partition coefficient (Wildman–Crippen LogP) is 0.585. The van der Waals surface area contributed by atoms with Crippen molar-refractivity contribution in [2.24, 2.45) is 10.9 Å². The van der Waals surface area contributed by atoms with E-state index in [-0.39, 0.29) is 17.1 Å². The molecular formula is C7H8ClFN2O2S. The molecule has 0 bridgehead atoms. The van der Waals surface area contributed by atoms with E-state index in [9.17, 15) is 12.8 Å². The molecule has 1 aromatic carbocycles. The summed E-state index contributed by atoms with van der Waals surface area (Å²) in [5.74, 6) is -0.945. The average molecular weight is 239 g/mol. The highest BCUT2D eigenvalue weighted by atomic mass is 35.5. The Morgan fingerprint density at radius 3 is 2.43 bits per heavy atom. The molecule has 7 heteroatoms. The third-order valence-electron chi connectivity index (χ3n) is 1.61. The summed E-state index contributed by atoms with van der Waals surface area (Å²) in [6, 6.07) is 2.21. The number of sulfonamides is 1. The first-order valence-electron chi connectivity index (χ1n) is 3.57. The molecule has 0 aromatic heterocycles. The largest absolute Gasteiger partial charge is 0.326 e. The van der Waals surface area contributed by atoms with Crippen molar-refractivity contribution in [3.8, 4) is 0 Å². The van der Waals surface area contributed by atoms with E-state index >= 15 is 0 Å². The summed E-state index contributed by atoms with van der Waals surface area (Å²) < 4.78 is 35.2. The van der Waals surface area contributed by atoms with Gasteiger partial charge in [-0.25, -0.2) is 17.9 Å². The van der Waals surface area contributed by atoms with Crippen LogP contribution in [-0.4, -0.2) is 8.42 Å². The smallest absolute Gasteiger partial charge is 0.241 e. The Morgan fingerprint density at radius 1 is 1.43 bits per heavy atom. The minimum Gasteiger partial charge on any atom is -0.326 e. The van der Waals surface area contributed by atoms with Crippen molar-refractivity contribution in [1.29, 1.82) is 0 Å². The van der Waals surface area contributed by atoms with Crippen molar-refractivity contribution >= 4 is 21.6 Å². The monoisotopic (exact) mass is 238 g/mol. The molecule has 0 aliphatic rings.